The lowest BCUT2D eigenvalue weighted by Gasteiger charge is -2.26. The maximum atomic E-state index is 6.24. The molecule has 3 heteroatoms. The van der Waals surface area contributed by atoms with Gasteiger partial charge >= 0.3 is 0 Å². The van der Waals surface area contributed by atoms with Crippen molar-refractivity contribution in [3.05, 3.63) is 115 Å². The van der Waals surface area contributed by atoms with Crippen LogP contribution in [0.3, 0.4) is 0 Å². The summed E-state index contributed by atoms with van der Waals surface area (Å²) in [4.78, 5) is 0. The number of hydrogen-bond acceptors (Lipinski definition) is 2. The van der Waals surface area contributed by atoms with E-state index in [0.29, 0.717) is 0 Å². The molecule has 0 fully saturated rings. The molecule has 0 bridgehead atoms. The summed E-state index contributed by atoms with van der Waals surface area (Å²) < 4.78 is 8.91. The molecule has 6 aromatic rings. The predicted octanol–water partition coefficient (Wildman–Crippen LogP) is 6.34. The van der Waals surface area contributed by atoms with Crippen LogP contribution in [-0.2, 0) is 0 Å². The number of ether oxygens (including phenoxy) is 1. The topological polar surface area (TPSA) is 9.23 Å². The normalized spacial score (nSPS) is 12.4. The Kier molecular flexibility index (Phi) is 4.18. The molecule has 2 heterocycles. The molecule has 0 radical (unpaired) electrons. The molecule has 5 aromatic carbocycles. The summed E-state index contributed by atoms with van der Waals surface area (Å²) in [5.74, 6) is 1.89. The van der Waals surface area contributed by atoms with E-state index in [-0.39, 0.29) is 6.71 Å². The summed E-state index contributed by atoms with van der Waals surface area (Å²) in [6.45, 7) is 0.155. The third kappa shape index (κ3) is 2.93. The Morgan fingerprint density at radius 2 is 1.27 bits per heavy atom. The van der Waals surface area contributed by atoms with Crippen molar-refractivity contribution in [2.24, 2.45) is 0 Å². The highest BCUT2D eigenvalue weighted by molar-refractivity contribution is 7.26. The minimum absolute atomic E-state index is 0.155. The van der Waals surface area contributed by atoms with Crippen LogP contribution in [0.1, 0.15) is 0 Å². The van der Waals surface area contributed by atoms with Gasteiger partial charge in [0.05, 0.1) is 0 Å². The smallest absolute Gasteiger partial charge is 0.250 e. The SMILES string of the molecule is c1ccc(-c2cccc3c2sc2ccc(B4c5ccccc5Oc5ccccc54)cc23)cc1. The van der Waals surface area contributed by atoms with Crippen LogP contribution in [0.4, 0.5) is 0 Å². The van der Waals surface area contributed by atoms with E-state index >= 15 is 0 Å². The van der Waals surface area contributed by atoms with Gasteiger partial charge in [0, 0.05) is 14.8 Å². The molecule has 1 aromatic heterocycles. The van der Waals surface area contributed by atoms with Gasteiger partial charge in [-0.15, -0.1) is 11.3 Å². The number of benzene rings is 5. The Bertz CT molecular complexity index is 1610. The first-order chi connectivity index (χ1) is 16.4. The second-order valence-electron chi connectivity index (χ2n) is 8.52. The third-order valence-corrected chi connectivity index (χ3v) is 7.84. The molecular weight excluding hydrogens is 419 g/mol. The first-order valence-electron chi connectivity index (χ1n) is 11.2. The van der Waals surface area contributed by atoms with Crippen LogP contribution >= 0.6 is 11.3 Å². The molecule has 1 nitrogen and oxygen atoms in total. The molecule has 1 aliphatic rings. The molecule has 0 aliphatic carbocycles. The second kappa shape index (κ2) is 7.36. The fraction of sp³-hybridized carbons (Fsp3) is 0. The molecule has 1 aliphatic heterocycles. The maximum absolute atomic E-state index is 6.24. The molecule has 0 amide bonds. The Morgan fingerprint density at radius 1 is 0.576 bits per heavy atom. The van der Waals surface area contributed by atoms with Gasteiger partial charge in [0.25, 0.3) is 6.71 Å². The number of para-hydroxylation sites is 2. The van der Waals surface area contributed by atoms with Gasteiger partial charge in [0.1, 0.15) is 11.5 Å². The quantitative estimate of drug-likeness (QED) is 0.286. The largest absolute Gasteiger partial charge is 0.458 e. The van der Waals surface area contributed by atoms with Gasteiger partial charge < -0.3 is 4.74 Å². The molecule has 7 rings (SSSR count). The lowest BCUT2D eigenvalue weighted by Crippen LogP contribution is -2.54. The van der Waals surface area contributed by atoms with Crippen molar-refractivity contribution in [2.75, 3.05) is 0 Å². The van der Waals surface area contributed by atoms with Crippen molar-refractivity contribution in [1.82, 2.24) is 0 Å². The minimum atomic E-state index is 0.155. The molecule has 0 unspecified atom stereocenters. The number of rotatable bonds is 2. The van der Waals surface area contributed by atoms with Crippen molar-refractivity contribution in [3.63, 3.8) is 0 Å². The van der Waals surface area contributed by atoms with E-state index in [4.69, 9.17) is 4.74 Å². The minimum Gasteiger partial charge on any atom is -0.458 e. The predicted molar refractivity (Wildman–Crippen MR) is 142 cm³/mol. The van der Waals surface area contributed by atoms with E-state index in [1.807, 2.05) is 23.5 Å². The molecule has 0 saturated heterocycles. The Labute approximate surface area is 197 Å². The van der Waals surface area contributed by atoms with Gasteiger partial charge in [-0.25, -0.2) is 0 Å². The average Bonchev–Trinajstić information content (AvgIpc) is 3.26. The van der Waals surface area contributed by atoms with Crippen LogP contribution in [0.2, 0.25) is 0 Å². The summed E-state index contributed by atoms with van der Waals surface area (Å²) in [7, 11) is 0. The van der Waals surface area contributed by atoms with Gasteiger partial charge in [0.2, 0.25) is 0 Å². The summed E-state index contributed by atoms with van der Waals surface area (Å²) in [6.07, 6.45) is 0. The highest BCUT2D eigenvalue weighted by Gasteiger charge is 2.32. The van der Waals surface area contributed by atoms with E-state index in [2.05, 4.69) is 103 Å². The average molecular weight is 438 g/mol. The third-order valence-electron chi connectivity index (χ3n) is 6.62. The van der Waals surface area contributed by atoms with Crippen LogP contribution in [0.5, 0.6) is 11.5 Å². The van der Waals surface area contributed by atoms with E-state index in [1.54, 1.807) is 0 Å². The number of fused-ring (bicyclic) bond motifs is 5. The van der Waals surface area contributed by atoms with Gasteiger partial charge in [-0.3, -0.25) is 0 Å². The molecule has 154 valence electrons. The number of thiophene rings is 1. The first-order valence-corrected chi connectivity index (χ1v) is 12.0. The van der Waals surface area contributed by atoms with Crippen molar-refractivity contribution in [2.45, 2.75) is 0 Å². The summed E-state index contributed by atoms with van der Waals surface area (Å²) in [5, 5.41) is 2.65. The molecular formula is C30H19BOS. The fourth-order valence-electron chi connectivity index (χ4n) is 5.11. The Hall–Kier alpha value is -3.82. The van der Waals surface area contributed by atoms with Crippen LogP contribution in [0, 0.1) is 0 Å². The van der Waals surface area contributed by atoms with Crippen LogP contribution in [-0.4, -0.2) is 6.71 Å². The Balaban J connectivity index is 1.46. The zero-order valence-electron chi connectivity index (χ0n) is 17.9. The fourth-order valence-corrected chi connectivity index (χ4v) is 6.33. The maximum Gasteiger partial charge on any atom is 0.250 e. The second-order valence-corrected chi connectivity index (χ2v) is 9.57. The van der Waals surface area contributed by atoms with Gasteiger partial charge in [-0.1, -0.05) is 103 Å². The van der Waals surface area contributed by atoms with E-state index < -0.39 is 0 Å². The lowest BCUT2D eigenvalue weighted by molar-refractivity contribution is 0.487. The Morgan fingerprint density at radius 3 is 2.03 bits per heavy atom. The molecule has 0 atom stereocenters. The standard InChI is InChI=1S/C30H19BOS/c1-2-9-20(10-3-1)22-11-8-12-23-24-19-21(17-18-29(24)33-30(22)23)31-25-13-4-6-15-27(25)32-28-16-7-5-14-26(28)31/h1-19H. The first kappa shape index (κ1) is 18.7. The summed E-state index contributed by atoms with van der Waals surface area (Å²) >= 11 is 1.89. The summed E-state index contributed by atoms with van der Waals surface area (Å²) in [6, 6.07) is 41.2. The van der Waals surface area contributed by atoms with E-state index in [0.717, 1.165) is 11.5 Å². The van der Waals surface area contributed by atoms with Crippen LogP contribution in [0.15, 0.2) is 115 Å². The van der Waals surface area contributed by atoms with Crippen molar-refractivity contribution in [1.29, 1.82) is 0 Å². The molecule has 0 saturated carbocycles. The van der Waals surface area contributed by atoms with E-state index in [9.17, 15) is 0 Å². The molecule has 0 spiro atoms. The zero-order chi connectivity index (χ0) is 21.8. The molecule has 0 N–H and O–H groups in total. The van der Waals surface area contributed by atoms with Crippen molar-refractivity contribution in [3.8, 4) is 22.6 Å². The highest BCUT2D eigenvalue weighted by Crippen LogP contribution is 2.39. The van der Waals surface area contributed by atoms with Crippen LogP contribution < -0.4 is 21.1 Å². The van der Waals surface area contributed by atoms with Gasteiger partial charge in [-0.2, -0.15) is 0 Å². The van der Waals surface area contributed by atoms with Crippen molar-refractivity contribution >= 4 is 54.6 Å². The monoisotopic (exact) mass is 438 g/mol. The highest BCUT2D eigenvalue weighted by atomic mass is 32.1. The van der Waals surface area contributed by atoms with Crippen molar-refractivity contribution < 1.29 is 4.74 Å². The van der Waals surface area contributed by atoms with Gasteiger partial charge in [-0.05, 0) is 45.6 Å². The summed E-state index contributed by atoms with van der Waals surface area (Å²) in [5.41, 5.74) is 6.32. The van der Waals surface area contributed by atoms with E-state index in [1.165, 1.54) is 47.7 Å². The van der Waals surface area contributed by atoms with Gasteiger partial charge in [0.15, 0.2) is 0 Å². The lowest BCUT2D eigenvalue weighted by atomic mass is 9.36. The number of hydrogen-bond donors (Lipinski definition) is 0. The molecule has 33 heavy (non-hydrogen) atoms. The zero-order valence-corrected chi connectivity index (χ0v) is 18.7. The van der Waals surface area contributed by atoms with Crippen LogP contribution in [0.25, 0.3) is 31.3 Å².